The molecule has 0 spiro atoms. The predicted octanol–water partition coefficient (Wildman–Crippen LogP) is 3.52. The molecule has 0 aliphatic carbocycles. The van der Waals surface area contributed by atoms with Gasteiger partial charge < -0.3 is 24.4 Å². The summed E-state index contributed by atoms with van der Waals surface area (Å²) in [6.07, 6.45) is 0.335. The number of hydrogen-bond donors (Lipinski definition) is 2. The Hall–Kier alpha value is -3.10. The molecule has 3 unspecified atom stereocenters. The van der Waals surface area contributed by atoms with Crippen molar-refractivity contribution in [1.82, 2.24) is 15.5 Å². The van der Waals surface area contributed by atoms with Crippen LogP contribution < -0.4 is 10.6 Å². The number of methoxy groups -OCH3 is 1. The van der Waals surface area contributed by atoms with Gasteiger partial charge in [-0.1, -0.05) is 60.7 Å². The van der Waals surface area contributed by atoms with Crippen molar-refractivity contribution in [3.05, 3.63) is 71.8 Å². The first kappa shape index (κ1) is 24.5. The SMILES string of the molecule is CNC(OC)C1CCCN(C(=O)OCc2ccccc2)CC1NC(=O)OCc1ccccc1. The zero-order valence-electron chi connectivity index (χ0n) is 19.2. The fourth-order valence-corrected chi connectivity index (χ4v) is 4.10. The Morgan fingerprint density at radius 1 is 1.00 bits per heavy atom. The van der Waals surface area contributed by atoms with Crippen molar-refractivity contribution in [3.63, 3.8) is 0 Å². The smallest absolute Gasteiger partial charge is 0.410 e. The Bertz CT molecular complexity index is 861. The largest absolute Gasteiger partial charge is 0.445 e. The summed E-state index contributed by atoms with van der Waals surface area (Å²) in [7, 11) is 3.44. The van der Waals surface area contributed by atoms with Gasteiger partial charge in [0.25, 0.3) is 0 Å². The Morgan fingerprint density at radius 3 is 2.18 bits per heavy atom. The van der Waals surface area contributed by atoms with E-state index in [4.69, 9.17) is 14.2 Å². The summed E-state index contributed by atoms with van der Waals surface area (Å²) in [6.45, 7) is 1.22. The first-order valence-corrected chi connectivity index (χ1v) is 11.2. The number of benzene rings is 2. The number of amides is 2. The maximum Gasteiger partial charge on any atom is 0.410 e. The van der Waals surface area contributed by atoms with E-state index in [1.165, 1.54) is 0 Å². The van der Waals surface area contributed by atoms with Gasteiger partial charge in [0.05, 0.1) is 6.04 Å². The van der Waals surface area contributed by atoms with Crippen molar-refractivity contribution in [2.75, 3.05) is 27.2 Å². The maximum atomic E-state index is 12.8. The lowest BCUT2D eigenvalue weighted by Gasteiger charge is -2.32. The van der Waals surface area contributed by atoms with Crippen LogP contribution in [0.15, 0.2) is 60.7 Å². The van der Waals surface area contributed by atoms with Crippen molar-refractivity contribution >= 4 is 12.2 Å². The van der Waals surface area contributed by atoms with Crippen LogP contribution in [0.1, 0.15) is 24.0 Å². The number of rotatable bonds is 8. The molecule has 1 fully saturated rings. The highest BCUT2D eigenvalue weighted by molar-refractivity contribution is 5.69. The molecular formula is C25H33N3O5. The van der Waals surface area contributed by atoms with Crippen molar-refractivity contribution in [2.45, 2.75) is 38.3 Å². The number of ether oxygens (including phenoxy) is 3. The van der Waals surface area contributed by atoms with E-state index in [0.29, 0.717) is 13.1 Å². The van der Waals surface area contributed by atoms with E-state index in [2.05, 4.69) is 10.6 Å². The van der Waals surface area contributed by atoms with Crippen LogP contribution in [0.3, 0.4) is 0 Å². The molecule has 3 rings (SSSR count). The fourth-order valence-electron chi connectivity index (χ4n) is 4.10. The second-order valence-electron chi connectivity index (χ2n) is 8.05. The summed E-state index contributed by atoms with van der Waals surface area (Å²) >= 11 is 0. The average Bonchev–Trinajstić information content (AvgIpc) is 3.06. The average molecular weight is 456 g/mol. The van der Waals surface area contributed by atoms with E-state index in [1.54, 1.807) is 12.0 Å². The topological polar surface area (TPSA) is 89.1 Å². The highest BCUT2D eigenvalue weighted by atomic mass is 16.6. The molecule has 1 heterocycles. The molecule has 1 aliphatic heterocycles. The van der Waals surface area contributed by atoms with E-state index in [1.807, 2.05) is 67.7 Å². The summed E-state index contributed by atoms with van der Waals surface area (Å²) in [5.41, 5.74) is 1.83. The minimum Gasteiger partial charge on any atom is -0.445 e. The third-order valence-corrected chi connectivity index (χ3v) is 5.81. The van der Waals surface area contributed by atoms with Crippen LogP contribution in [0.5, 0.6) is 0 Å². The minimum absolute atomic E-state index is 0.0452. The van der Waals surface area contributed by atoms with Crippen LogP contribution in [0.4, 0.5) is 9.59 Å². The molecule has 8 heteroatoms. The Kier molecular flexibility index (Phi) is 9.53. The first-order chi connectivity index (χ1) is 16.1. The molecule has 2 N–H and O–H groups in total. The molecule has 0 radical (unpaired) electrons. The van der Waals surface area contributed by atoms with Gasteiger partial charge in [-0.3, -0.25) is 5.32 Å². The van der Waals surface area contributed by atoms with Gasteiger partial charge in [0.1, 0.15) is 19.4 Å². The lowest BCUT2D eigenvalue weighted by molar-refractivity contribution is 0.0118. The quantitative estimate of drug-likeness (QED) is 0.592. The second kappa shape index (κ2) is 12.8. The van der Waals surface area contributed by atoms with Gasteiger partial charge in [-0.15, -0.1) is 0 Å². The minimum atomic E-state index is -0.528. The number of nitrogens with zero attached hydrogens (tertiary/aromatic N) is 1. The number of carbonyl (C=O) groups excluding carboxylic acids is 2. The third kappa shape index (κ3) is 7.47. The van der Waals surface area contributed by atoms with E-state index in [-0.39, 0.29) is 31.4 Å². The van der Waals surface area contributed by atoms with E-state index in [9.17, 15) is 9.59 Å². The molecule has 2 aromatic rings. The zero-order chi connectivity index (χ0) is 23.5. The lowest BCUT2D eigenvalue weighted by atomic mass is 9.93. The van der Waals surface area contributed by atoms with Crippen molar-refractivity contribution in [3.8, 4) is 0 Å². The first-order valence-electron chi connectivity index (χ1n) is 11.2. The molecule has 2 amide bonds. The van der Waals surface area contributed by atoms with Gasteiger partial charge in [-0.25, -0.2) is 9.59 Å². The maximum absolute atomic E-state index is 12.8. The molecule has 33 heavy (non-hydrogen) atoms. The van der Waals surface area contributed by atoms with E-state index < -0.39 is 12.2 Å². The van der Waals surface area contributed by atoms with Crippen molar-refractivity contribution < 1.29 is 23.8 Å². The monoisotopic (exact) mass is 455 g/mol. The van der Waals surface area contributed by atoms with Crippen LogP contribution in [0, 0.1) is 5.92 Å². The summed E-state index contributed by atoms with van der Waals surface area (Å²) in [6, 6.07) is 18.7. The van der Waals surface area contributed by atoms with Crippen LogP contribution in [-0.2, 0) is 27.4 Å². The molecule has 0 bridgehead atoms. The standard InChI is InChI=1S/C25H33N3O5/c1-26-23(31-2)21-14-9-15-28(25(30)33-18-20-12-7-4-8-13-20)16-22(21)27-24(29)32-17-19-10-5-3-6-11-19/h3-8,10-13,21-23,26H,9,14-18H2,1-2H3,(H,27,29). The van der Waals surface area contributed by atoms with Crippen LogP contribution in [0.25, 0.3) is 0 Å². The molecule has 0 aromatic heterocycles. The fraction of sp³-hybridized carbons (Fsp3) is 0.440. The van der Waals surface area contributed by atoms with E-state index in [0.717, 1.165) is 24.0 Å². The van der Waals surface area contributed by atoms with Gasteiger partial charge in [0.2, 0.25) is 0 Å². The molecule has 1 saturated heterocycles. The van der Waals surface area contributed by atoms with Gasteiger partial charge in [0, 0.05) is 26.1 Å². The predicted molar refractivity (Wildman–Crippen MR) is 124 cm³/mol. The molecule has 178 valence electrons. The summed E-state index contributed by atoms with van der Waals surface area (Å²) < 4.78 is 16.5. The number of nitrogens with one attached hydrogen (secondary N) is 2. The van der Waals surface area contributed by atoms with Gasteiger partial charge in [0.15, 0.2) is 0 Å². The van der Waals surface area contributed by atoms with Crippen molar-refractivity contribution in [1.29, 1.82) is 0 Å². The lowest BCUT2D eigenvalue weighted by Crippen LogP contribution is -2.53. The number of carbonyl (C=O) groups is 2. The second-order valence-corrected chi connectivity index (χ2v) is 8.05. The van der Waals surface area contributed by atoms with Gasteiger partial charge in [-0.2, -0.15) is 0 Å². The van der Waals surface area contributed by atoms with Crippen LogP contribution >= 0.6 is 0 Å². The molecule has 1 aliphatic rings. The van der Waals surface area contributed by atoms with Gasteiger partial charge in [-0.05, 0) is 31.0 Å². The highest BCUT2D eigenvalue weighted by Gasteiger charge is 2.35. The Morgan fingerprint density at radius 2 is 1.61 bits per heavy atom. The third-order valence-electron chi connectivity index (χ3n) is 5.81. The molecule has 3 atom stereocenters. The molecule has 0 saturated carbocycles. The van der Waals surface area contributed by atoms with E-state index >= 15 is 0 Å². The number of alkyl carbamates (subject to hydrolysis) is 1. The Balaban J connectivity index is 1.63. The molecule has 2 aromatic carbocycles. The van der Waals surface area contributed by atoms with Crippen molar-refractivity contribution in [2.24, 2.45) is 5.92 Å². The highest BCUT2D eigenvalue weighted by Crippen LogP contribution is 2.23. The molecule has 8 nitrogen and oxygen atoms in total. The summed E-state index contributed by atoms with van der Waals surface area (Å²) in [4.78, 5) is 27.0. The Labute approximate surface area is 195 Å². The number of likely N-dealkylation sites (tertiary alicyclic amines) is 1. The summed E-state index contributed by atoms with van der Waals surface area (Å²) in [5, 5.41) is 6.11. The van der Waals surface area contributed by atoms with Crippen LogP contribution in [0.2, 0.25) is 0 Å². The number of hydrogen-bond acceptors (Lipinski definition) is 6. The summed E-state index contributed by atoms with van der Waals surface area (Å²) in [5.74, 6) is -0.0452. The van der Waals surface area contributed by atoms with Gasteiger partial charge >= 0.3 is 12.2 Å². The zero-order valence-corrected chi connectivity index (χ0v) is 19.2. The molecular weight excluding hydrogens is 422 g/mol. The normalized spacial score (nSPS) is 19.3. The van der Waals surface area contributed by atoms with Crippen LogP contribution in [-0.4, -0.2) is 56.6 Å².